The van der Waals surface area contributed by atoms with Crippen LogP contribution in [0.5, 0.6) is 0 Å². The van der Waals surface area contributed by atoms with Crippen molar-refractivity contribution in [2.75, 3.05) is 33.4 Å². The van der Waals surface area contributed by atoms with Gasteiger partial charge in [-0.05, 0) is 33.3 Å². The van der Waals surface area contributed by atoms with E-state index in [1.54, 1.807) is 7.11 Å². The zero-order chi connectivity index (χ0) is 15.3. The smallest absolute Gasteiger partial charge is 0.0631 e. The Hall–Kier alpha value is -0.910. The summed E-state index contributed by atoms with van der Waals surface area (Å²) in [5.74, 6) is 0. The zero-order valence-electron chi connectivity index (χ0n) is 13.8. The molecule has 2 unspecified atom stereocenters. The minimum absolute atomic E-state index is 0.143. The van der Waals surface area contributed by atoms with Gasteiger partial charge in [-0.3, -0.25) is 4.68 Å². The van der Waals surface area contributed by atoms with Gasteiger partial charge in [0, 0.05) is 50.9 Å². The Kier molecular flexibility index (Phi) is 5.79. The van der Waals surface area contributed by atoms with Crippen molar-refractivity contribution in [1.29, 1.82) is 0 Å². The first kappa shape index (κ1) is 16.5. The van der Waals surface area contributed by atoms with Gasteiger partial charge in [-0.1, -0.05) is 0 Å². The second-order valence-corrected chi connectivity index (χ2v) is 6.35. The molecule has 1 aromatic rings. The van der Waals surface area contributed by atoms with Crippen LogP contribution >= 0.6 is 0 Å². The number of ether oxygens (including phenoxy) is 2. The van der Waals surface area contributed by atoms with Crippen LogP contribution in [0.15, 0.2) is 12.3 Å². The maximum absolute atomic E-state index is 5.85. The fourth-order valence-electron chi connectivity index (χ4n) is 2.98. The molecule has 0 bridgehead atoms. The van der Waals surface area contributed by atoms with E-state index in [0.29, 0.717) is 6.04 Å². The van der Waals surface area contributed by atoms with Crippen LogP contribution in [-0.4, -0.2) is 49.3 Å². The molecule has 1 aliphatic rings. The molecule has 1 aliphatic heterocycles. The molecule has 1 aromatic heterocycles. The summed E-state index contributed by atoms with van der Waals surface area (Å²) in [5.41, 5.74) is 1.30. The molecule has 0 saturated carbocycles. The monoisotopic (exact) mass is 295 g/mol. The van der Waals surface area contributed by atoms with Gasteiger partial charge in [0.1, 0.15) is 0 Å². The lowest BCUT2D eigenvalue weighted by molar-refractivity contribution is 0.0614. The van der Waals surface area contributed by atoms with Gasteiger partial charge >= 0.3 is 0 Å². The first-order chi connectivity index (χ1) is 10.1. The van der Waals surface area contributed by atoms with Gasteiger partial charge in [0.05, 0.1) is 18.4 Å². The van der Waals surface area contributed by atoms with Crippen LogP contribution < -0.4 is 5.32 Å². The summed E-state index contributed by atoms with van der Waals surface area (Å²) in [6, 6.07) is 2.55. The van der Waals surface area contributed by atoms with Gasteiger partial charge in [-0.25, -0.2) is 0 Å². The number of nitrogens with one attached hydrogen (secondary N) is 1. The molecular formula is C16H29N3O2. The number of nitrogens with zero attached hydrogens (tertiary/aromatic N) is 2. The Morgan fingerprint density at radius 3 is 2.95 bits per heavy atom. The van der Waals surface area contributed by atoms with Crippen molar-refractivity contribution in [3.05, 3.63) is 18.0 Å². The standard InChI is InChI=1S/C16H29N3O2/c1-13(2)19-8-5-15(18-19)11-16(6-9-21-14(16)3)12-17-7-10-20-4/h5,8,13-14,17H,6-7,9-12H2,1-4H3. The van der Waals surface area contributed by atoms with Crippen LogP contribution in [0.1, 0.15) is 38.9 Å². The van der Waals surface area contributed by atoms with E-state index < -0.39 is 0 Å². The van der Waals surface area contributed by atoms with Crippen LogP contribution in [0.4, 0.5) is 0 Å². The predicted molar refractivity (Wildman–Crippen MR) is 83.5 cm³/mol. The SMILES string of the molecule is COCCNCC1(Cc2ccn(C(C)C)n2)CCOC1C. The minimum Gasteiger partial charge on any atom is -0.383 e. The summed E-state index contributed by atoms with van der Waals surface area (Å²) in [6.07, 6.45) is 4.39. The molecule has 0 aromatic carbocycles. The summed E-state index contributed by atoms with van der Waals surface area (Å²) in [6.45, 7) is 9.91. The van der Waals surface area contributed by atoms with Crippen LogP contribution in [0.3, 0.4) is 0 Å². The van der Waals surface area contributed by atoms with Crippen LogP contribution in [0.2, 0.25) is 0 Å². The molecular weight excluding hydrogens is 266 g/mol. The van der Waals surface area contributed by atoms with Crippen LogP contribution in [0, 0.1) is 5.41 Å². The highest BCUT2D eigenvalue weighted by molar-refractivity contribution is 5.07. The second kappa shape index (κ2) is 7.38. The quantitative estimate of drug-likeness (QED) is 0.746. The van der Waals surface area contributed by atoms with Crippen molar-refractivity contribution in [2.24, 2.45) is 5.41 Å². The van der Waals surface area contributed by atoms with Gasteiger partial charge in [0.15, 0.2) is 0 Å². The first-order valence-electron chi connectivity index (χ1n) is 7.93. The highest BCUT2D eigenvalue weighted by Crippen LogP contribution is 2.37. The lowest BCUT2D eigenvalue weighted by Gasteiger charge is -2.32. The van der Waals surface area contributed by atoms with Crippen molar-refractivity contribution < 1.29 is 9.47 Å². The Morgan fingerprint density at radius 1 is 1.57 bits per heavy atom. The van der Waals surface area contributed by atoms with Crippen molar-refractivity contribution in [1.82, 2.24) is 15.1 Å². The molecule has 21 heavy (non-hydrogen) atoms. The molecule has 120 valence electrons. The average Bonchev–Trinajstić information content (AvgIpc) is 3.04. The van der Waals surface area contributed by atoms with E-state index in [9.17, 15) is 0 Å². The third-order valence-corrected chi connectivity index (χ3v) is 4.52. The molecule has 5 heteroatoms. The average molecular weight is 295 g/mol. The fourth-order valence-corrected chi connectivity index (χ4v) is 2.98. The van der Waals surface area contributed by atoms with Gasteiger partial charge < -0.3 is 14.8 Å². The molecule has 0 spiro atoms. The maximum atomic E-state index is 5.85. The second-order valence-electron chi connectivity index (χ2n) is 6.35. The first-order valence-corrected chi connectivity index (χ1v) is 7.93. The number of hydrogen-bond acceptors (Lipinski definition) is 4. The molecule has 2 rings (SSSR count). The lowest BCUT2D eigenvalue weighted by Crippen LogP contribution is -2.42. The maximum Gasteiger partial charge on any atom is 0.0631 e. The minimum atomic E-state index is 0.143. The summed E-state index contributed by atoms with van der Waals surface area (Å²) < 4.78 is 13.0. The summed E-state index contributed by atoms with van der Waals surface area (Å²) in [5, 5.41) is 8.22. The van der Waals surface area contributed by atoms with Crippen molar-refractivity contribution in [3.8, 4) is 0 Å². The molecule has 0 aliphatic carbocycles. The normalized spacial score (nSPS) is 25.9. The van der Waals surface area contributed by atoms with E-state index in [1.807, 2.05) is 4.68 Å². The Labute approximate surface area is 128 Å². The number of hydrogen-bond donors (Lipinski definition) is 1. The van der Waals surface area contributed by atoms with Crippen LogP contribution in [0.25, 0.3) is 0 Å². The Morgan fingerprint density at radius 2 is 2.38 bits per heavy atom. The van der Waals surface area contributed by atoms with Gasteiger partial charge in [0.25, 0.3) is 0 Å². The fraction of sp³-hybridized carbons (Fsp3) is 0.812. The van der Waals surface area contributed by atoms with Crippen molar-refractivity contribution in [2.45, 2.75) is 45.8 Å². The van der Waals surface area contributed by atoms with Gasteiger partial charge in [0.2, 0.25) is 0 Å². The summed E-state index contributed by atoms with van der Waals surface area (Å²) >= 11 is 0. The lowest BCUT2D eigenvalue weighted by atomic mass is 9.77. The van der Waals surface area contributed by atoms with E-state index in [2.05, 4.69) is 38.4 Å². The van der Waals surface area contributed by atoms with Crippen molar-refractivity contribution >= 4 is 0 Å². The van der Waals surface area contributed by atoms with Crippen LogP contribution in [-0.2, 0) is 15.9 Å². The molecule has 1 fully saturated rings. The largest absolute Gasteiger partial charge is 0.383 e. The highest BCUT2D eigenvalue weighted by atomic mass is 16.5. The number of methoxy groups -OCH3 is 1. The van der Waals surface area contributed by atoms with E-state index in [-0.39, 0.29) is 11.5 Å². The Balaban J connectivity index is 2.01. The zero-order valence-corrected chi connectivity index (χ0v) is 13.8. The third kappa shape index (κ3) is 4.05. The molecule has 2 atom stereocenters. The number of rotatable bonds is 8. The van der Waals surface area contributed by atoms with Gasteiger partial charge in [-0.2, -0.15) is 5.10 Å². The van der Waals surface area contributed by atoms with E-state index in [1.165, 1.54) is 0 Å². The van der Waals surface area contributed by atoms with Crippen molar-refractivity contribution in [3.63, 3.8) is 0 Å². The summed E-state index contributed by atoms with van der Waals surface area (Å²) in [7, 11) is 1.73. The topological polar surface area (TPSA) is 48.3 Å². The molecule has 0 amide bonds. The van der Waals surface area contributed by atoms with Gasteiger partial charge in [-0.15, -0.1) is 0 Å². The molecule has 1 N–H and O–H groups in total. The molecule has 5 nitrogen and oxygen atoms in total. The van der Waals surface area contributed by atoms with E-state index in [4.69, 9.17) is 14.6 Å². The van der Waals surface area contributed by atoms with E-state index >= 15 is 0 Å². The molecule has 0 radical (unpaired) electrons. The molecule has 1 saturated heterocycles. The highest BCUT2D eigenvalue weighted by Gasteiger charge is 2.41. The number of aromatic nitrogens is 2. The summed E-state index contributed by atoms with van der Waals surface area (Å²) in [4.78, 5) is 0. The Bertz CT molecular complexity index is 433. The van der Waals surface area contributed by atoms with E-state index in [0.717, 1.165) is 44.8 Å². The molecule has 2 heterocycles. The predicted octanol–water partition coefficient (Wildman–Crippen LogP) is 2.04. The third-order valence-electron chi connectivity index (χ3n) is 4.52.